The fourth-order valence-electron chi connectivity index (χ4n) is 3.47. The molecule has 1 N–H and O–H groups in total. The van der Waals surface area contributed by atoms with Gasteiger partial charge in [-0.3, -0.25) is 9.69 Å². The molecule has 0 bridgehead atoms. The number of rotatable bonds is 7. The van der Waals surface area contributed by atoms with Crippen LogP contribution in [0.15, 0.2) is 61.2 Å². The second kappa shape index (κ2) is 9.38. The molecule has 0 spiro atoms. The van der Waals surface area contributed by atoms with Crippen LogP contribution in [0.4, 0.5) is 5.69 Å². The number of hydrogen-bond acceptors (Lipinski definition) is 3. The molecule has 27 heavy (non-hydrogen) atoms. The molecule has 1 heterocycles. The largest absolute Gasteiger partial charge is 0.489 e. The van der Waals surface area contributed by atoms with Crippen LogP contribution >= 0.6 is 0 Å². The first-order valence-corrected chi connectivity index (χ1v) is 9.60. The van der Waals surface area contributed by atoms with E-state index in [1.54, 1.807) is 6.08 Å². The van der Waals surface area contributed by atoms with Crippen molar-refractivity contribution in [3.05, 3.63) is 72.3 Å². The number of nitrogens with one attached hydrogen (secondary N) is 1. The van der Waals surface area contributed by atoms with Crippen molar-refractivity contribution in [2.45, 2.75) is 26.3 Å². The Morgan fingerprint density at radius 2 is 2.11 bits per heavy atom. The Morgan fingerprint density at radius 1 is 1.30 bits per heavy atom. The van der Waals surface area contributed by atoms with E-state index in [0.29, 0.717) is 23.6 Å². The molecule has 1 unspecified atom stereocenters. The minimum atomic E-state index is -0.117. The molecular formula is C23H28N2O2. The molecule has 1 amide bonds. The third-order valence-electron chi connectivity index (χ3n) is 4.82. The van der Waals surface area contributed by atoms with Gasteiger partial charge < -0.3 is 10.1 Å². The molecule has 1 atom stereocenters. The van der Waals surface area contributed by atoms with Crippen molar-refractivity contribution in [1.29, 1.82) is 0 Å². The number of piperidine rings is 1. The quantitative estimate of drug-likeness (QED) is 0.722. The van der Waals surface area contributed by atoms with E-state index in [4.69, 9.17) is 4.74 Å². The Balaban J connectivity index is 1.58. The monoisotopic (exact) mass is 364 g/mol. The van der Waals surface area contributed by atoms with Gasteiger partial charge in [0.15, 0.2) is 0 Å². The summed E-state index contributed by atoms with van der Waals surface area (Å²) in [6, 6.07) is 15.3. The van der Waals surface area contributed by atoms with Crippen LogP contribution in [0.25, 0.3) is 0 Å². The van der Waals surface area contributed by atoms with Crippen LogP contribution in [0.5, 0.6) is 5.75 Å². The summed E-state index contributed by atoms with van der Waals surface area (Å²) in [6.45, 7) is 9.67. The van der Waals surface area contributed by atoms with E-state index in [0.717, 1.165) is 25.6 Å². The van der Waals surface area contributed by atoms with Gasteiger partial charge in [0.25, 0.3) is 5.91 Å². The van der Waals surface area contributed by atoms with Crippen molar-refractivity contribution in [2.24, 2.45) is 5.92 Å². The van der Waals surface area contributed by atoms with Crippen molar-refractivity contribution in [3.8, 4) is 5.75 Å². The standard InChI is InChI=1S/C23H28N2O2/c1-3-14-27-22-8-4-7-21(15-22)24-23(26)20-11-9-19(10-12-20)17-25-13-5-6-18(2)16-25/h3-4,7-12,15,18H,1,5-6,13-14,16-17H2,2H3,(H,24,26). The second-order valence-electron chi connectivity index (χ2n) is 7.26. The maximum atomic E-state index is 12.5. The van der Waals surface area contributed by atoms with Crippen molar-refractivity contribution in [1.82, 2.24) is 4.90 Å². The zero-order valence-corrected chi connectivity index (χ0v) is 16.0. The third kappa shape index (κ3) is 5.69. The Labute approximate surface area is 161 Å². The van der Waals surface area contributed by atoms with E-state index in [-0.39, 0.29) is 5.91 Å². The first kappa shape index (κ1) is 19.2. The fourth-order valence-corrected chi connectivity index (χ4v) is 3.47. The van der Waals surface area contributed by atoms with Gasteiger partial charge in [-0.2, -0.15) is 0 Å². The lowest BCUT2D eigenvalue weighted by Crippen LogP contribution is -2.33. The summed E-state index contributed by atoms with van der Waals surface area (Å²) in [5.41, 5.74) is 2.62. The van der Waals surface area contributed by atoms with Crippen LogP contribution in [0, 0.1) is 5.92 Å². The van der Waals surface area contributed by atoms with Gasteiger partial charge in [0.2, 0.25) is 0 Å². The van der Waals surface area contributed by atoms with E-state index in [2.05, 4.69) is 35.9 Å². The first-order valence-electron chi connectivity index (χ1n) is 9.60. The highest BCUT2D eigenvalue weighted by atomic mass is 16.5. The molecule has 1 aliphatic rings. The highest BCUT2D eigenvalue weighted by Crippen LogP contribution is 2.20. The first-order chi connectivity index (χ1) is 13.1. The van der Waals surface area contributed by atoms with Crippen LogP contribution in [0.1, 0.15) is 35.7 Å². The zero-order chi connectivity index (χ0) is 19.1. The summed E-state index contributed by atoms with van der Waals surface area (Å²) in [6.07, 6.45) is 4.30. The van der Waals surface area contributed by atoms with Gasteiger partial charge in [0, 0.05) is 30.4 Å². The minimum absolute atomic E-state index is 0.117. The lowest BCUT2D eigenvalue weighted by Gasteiger charge is -2.30. The normalized spacial score (nSPS) is 17.3. The van der Waals surface area contributed by atoms with E-state index in [1.807, 2.05) is 36.4 Å². The van der Waals surface area contributed by atoms with Gasteiger partial charge >= 0.3 is 0 Å². The molecule has 142 valence electrons. The lowest BCUT2D eigenvalue weighted by molar-refractivity contribution is 0.102. The number of ether oxygens (including phenoxy) is 1. The molecule has 1 aliphatic heterocycles. The summed E-state index contributed by atoms with van der Waals surface area (Å²) in [7, 11) is 0. The number of benzene rings is 2. The van der Waals surface area contributed by atoms with Gasteiger partial charge in [-0.05, 0) is 55.1 Å². The molecule has 0 aromatic heterocycles. The summed E-state index contributed by atoms with van der Waals surface area (Å²) >= 11 is 0. The predicted octanol–water partition coefficient (Wildman–Crippen LogP) is 4.74. The number of carbonyl (C=O) groups is 1. The second-order valence-corrected chi connectivity index (χ2v) is 7.26. The topological polar surface area (TPSA) is 41.6 Å². The van der Waals surface area contributed by atoms with E-state index < -0.39 is 0 Å². The van der Waals surface area contributed by atoms with Gasteiger partial charge in [-0.15, -0.1) is 0 Å². The highest BCUT2D eigenvalue weighted by Gasteiger charge is 2.16. The van der Waals surface area contributed by atoms with Gasteiger partial charge in [-0.25, -0.2) is 0 Å². The van der Waals surface area contributed by atoms with E-state index in [1.165, 1.54) is 18.4 Å². The summed E-state index contributed by atoms with van der Waals surface area (Å²) < 4.78 is 5.50. The van der Waals surface area contributed by atoms with Crippen molar-refractivity contribution >= 4 is 11.6 Å². The van der Waals surface area contributed by atoms with Crippen LogP contribution in [-0.4, -0.2) is 30.5 Å². The minimum Gasteiger partial charge on any atom is -0.489 e. The number of hydrogen-bond donors (Lipinski definition) is 1. The zero-order valence-electron chi connectivity index (χ0n) is 16.0. The molecule has 2 aromatic carbocycles. The molecule has 0 saturated carbocycles. The molecule has 4 heteroatoms. The molecule has 0 aliphatic carbocycles. The number of carbonyl (C=O) groups excluding carboxylic acids is 1. The van der Waals surface area contributed by atoms with Crippen molar-refractivity contribution < 1.29 is 9.53 Å². The van der Waals surface area contributed by atoms with E-state index in [9.17, 15) is 4.79 Å². The molecular weight excluding hydrogens is 336 g/mol. The van der Waals surface area contributed by atoms with Crippen LogP contribution in [0.2, 0.25) is 0 Å². The third-order valence-corrected chi connectivity index (χ3v) is 4.82. The van der Waals surface area contributed by atoms with Crippen molar-refractivity contribution in [3.63, 3.8) is 0 Å². The van der Waals surface area contributed by atoms with Gasteiger partial charge in [0.1, 0.15) is 12.4 Å². The molecule has 0 radical (unpaired) electrons. The molecule has 1 fully saturated rings. The molecule has 3 rings (SSSR count). The number of anilines is 1. The lowest BCUT2D eigenvalue weighted by atomic mass is 9.99. The highest BCUT2D eigenvalue weighted by molar-refractivity contribution is 6.04. The fraction of sp³-hybridized carbons (Fsp3) is 0.348. The van der Waals surface area contributed by atoms with Crippen LogP contribution < -0.4 is 10.1 Å². The number of amides is 1. The SMILES string of the molecule is C=CCOc1cccc(NC(=O)c2ccc(CN3CCCC(C)C3)cc2)c1. The molecule has 1 saturated heterocycles. The maximum absolute atomic E-state index is 12.5. The molecule has 4 nitrogen and oxygen atoms in total. The van der Waals surface area contributed by atoms with Crippen LogP contribution in [0.3, 0.4) is 0 Å². The Morgan fingerprint density at radius 3 is 2.85 bits per heavy atom. The van der Waals surface area contributed by atoms with Crippen molar-refractivity contribution in [2.75, 3.05) is 25.0 Å². The van der Waals surface area contributed by atoms with Gasteiger partial charge in [-0.1, -0.05) is 37.8 Å². The van der Waals surface area contributed by atoms with E-state index >= 15 is 0 Å². The maximum Gasteiger partial charge on any atom is 0.255 e. The Bertz CT molecular complexity index is 770. The predicted molar refractivity (Wildman–Crippen MR) is 110 cm³/mol. The summed E-state index contributed by atoms with van der Waals surface area (Å²) in [5, 5.41) is 2.93. The van der Waals surface area contributed by atoms with Gasteiger partial charge in [0.05, 0.1) is 0 Å². The summed E-state index contributed by atoms with van der Waals surface area (Å²) in [4.78, 5) is 15.0. The smallest absolute Gasteiger partial charge is 0.255 e. The average Bonchev–Trinajstić information content (AvgIpc) is 2.67. The van der Waals surface area contributed by atoms with Crippen LogP contribution in [-0.2, 0) is 6.54 Å². The average molecular weight is 364 g/mol. The number of nitrogens with zero attached hydrogens (tertiary/aromatic N) is 1. The Kier molecular flexibility index (Phi) is 6.66. The molecule has 2 aromatic rings. The number of likely N-dealkylation sites (tertiary alicyclic amines) is 1. The Hall–Kier alpha value is -2.59. The summed E-state index contributed by atoms with van der Waals surface area (Å²) in [5.74, 6) is 1.36.